The molecule has 0 aliphatic carbocycles. The number of hydrogen-bond donors (Lipinski definition) is 1. The van der Waals surface area contributed by atoms with E-state index >= 15 is 0 Å². The lowest BCUT2D eigenvalue weighted by molar-refractivity contribution is -0.385. The molecule has 2 aromatic rings. The fraction of sp³-hybridized carbons (Fsp3) is 0.368. The van der Waals surface area contributed by atoms with Crippen LogP contribution in [0.1, 0.15) is 25.6 Å². The van der Waals surface area contributed by atoms with Gasteiger partial charge in [-0.3, -0.25) is 24.6 Å². The van der Waals surface area contributed by atoms with Gasteiger partial charge in [-0.15, -0.1) is 11.3 Å². The summed E-state index contributed by atoms with van der Waals surface area (Å²) in [5, 5.41) is 15.7. The monoisotopic (exact) mass is 402 g/mol. The number of benzene rings is 1. The van der Waals surface area contributed by atoms with Gasteiger partial charge in [-0.2, -0.15) is 0 Å². The molecule has 1 aromatic heterocycles. The number of hydrogen-bond acceptors (Lipinski definition) is 6. The number of carbonyl (C=O) groups is 2. The highest BCUT2D eigenvalue weighted by atomic mass is 32.1. The Morgan fingerprint density at radius 1 is 1.18 bits per heavy atom. The van der Waals surface area contributed by atoms with Gasteiger partial charge in [0.1, 0.15) is 0 Å². The maximum atomic E-state index is 12.4. The van der Waals surface area contributed by atoms with Crippen LogP contribution in [0, 0.1) is 17.0 Å². The zero-order chi connectivity index (χ0) is 20.1. The first-order valence-corrected chi connectivity index (χ1v) is 9.92. The van der Waals surface area contributed by atoms with Gasteiger partial charge in [-0.25, -0.2) is 0 Å². The average Bonchev–Trinajstić information content (AvgIpc) is 3.22. The first kappa shape index (κ1) is 20.0. The minimum Gasteiger partial charge on any atom is -0.351 e. The topological polar surface area (TPSA) is 95.8 Å². The molecule has 2 amide bonds. The molecule has 1 aromatic carbocycles. The number of nitro benzene ring substituents is 1. The zero-order valence-corrected chi connectivity index (χ0v) is 16.4. The number of amides is 2. The molecule has 0 unspecified atom stereocenters. The summed E-state index contributed by atoms with van der Waals surface area (Å²) < 4.78 is 0. The fourth-order valence-corrected chi connectivity index (χ4v) is 3.91. The zero-order valence-electron chi connectivity index (χ0n) is 15.6. The number of nitrogens with one attached hydrogen (secondary N) is 1. The minimum atomic E-state index is -0.483. The van der Waals surface area contributed by atoms with E-state index in [-0.39, 0.29) is 17.5 Å². The van der Waals surface area contributed by atoms with E-state index in [4.69, 9.17) is 0 Å². The summed E-state index contributed by atoms with van der Waals surface area (Å²) in [7, 11) is 0. The molecule has 0 atom stereocenters. The molecule has 28 heavy (non-hydrogen) atoms. The van der Waals surface area contributed by atoms with Gasteiger partial charge in [0, 0.05) is 56.5 Å². The molecule has 3 rings (SSSR count). The van der Waals surface area contributed by atoms with Crippen LogP contribution in [0.15, 0.2) is 35.7 Å². The van der Waals surface area contributed by atoms with Crippen LogP contribution < -0.4 is 5.32 Å². The van der Waals surface area contributed by atoms with Crippen molar-refractivity contribution in [2.45, 2.75) is 6.92 Å². The number of piperazine rings is 1. The highest BCUT2D eigenvalue weighted by Crippen LogP contribution is 2.21. The summed E-state index contributed by atoms with van der Waals surface area (Å²) in [4.78, 5) is 40.0. The van der Waals surface area contributed by atoms with E-state index in [0.717, 1.165) is 18.0 Å². The Bertz CT molecular complexity index is 861. The standard InChI is InChI=1S/C19H22N4O4S/c1-14-15(4-2-5-16(14)23(26)27)18(24)20-7-8-21-9-11-22(12-10-21)19(25)17-6-3-13-28-17/h2-6,13H,7-12H2,1H3,(H,20,24). The van der Waals surface area contributed by atoms with Crippen molar-refractivity contribution in [3.63, 3.8) is 0 Å². The number of nitro groups is 1. The summed E-state index contributed by atoms with van der Waals surface area (Å²) in [5.74, 6) is -0.239. The van der Waals surface area contributed by atoms with Gasteiger partial charge < -0.3 is 10.2 Å². The molecule has 1 N–H and O–H groups in total. The van der Waals surface area contributed by atoms with Crippen molar-refractivity contribution in [2.75, 3.05) is 39.3 Å². The van der Waals surface area contributed by atoms with Crippen molar-refractivity contribution >= 4 is 28.8 Å². The molecule has 0 radical (unpaired) electrons. The van der Waals surface area contributed by atoms with Crippen molar-refractivity contribution in [1.82, 2.24) is 15.1 Å². The maximum absolute atomic E-state index is 12.4. The Morgan fingerprint density at radius 3 is 2.57 bits per heavy atom. The SMILES string of the molecule is Cc1c(C(=O)NCCN2CCN(C(=O)c3cccs3)CC2)cccc1[N+](=O)[O-]. The van der Waals surface area contributed by atoms with Crippen molar-refractivity contribution in [3.8, 4) is 0 Å². The minimum absolute atomic E-state index is 0.0563. The molecule has 148 valence electrons. The lowest BCUT2D eigenvalue weighted by atomic mass is 10.1. The normalized spacial score (nSPS) is 14.7. The van der Waals surface area contributed by atoms with Crippen LogP contribution in [-0.4, -0.2) is 65.8 Å². The van der Waals surface area contributed by atoms with Crippen molar-refractivity contribution in [1.29, 1.82) is 0 Å². The number of nitrogens with zero attached hydrogens (tertiary/aromatic N) is 3. The van der Waals surface area contributed by atoms with E-state index in [1.54, 1.807) is 13.0 Å². The van der Waals surface area contributed by atoms with Crippen LogP contribution in [0.5, 0.6) is 0 Å². The van der Waals surface area contributed by atoms with Crippen LogP contribution in [0.3, 0.4) is 0 Å². The first-order chi connectivity index (χ1) is 13.5. The molecule has 1 aliphatic heterocycles. The molecule has 9 heteroatoms. The molecule has 1 fully saturated rings. The Labute approximate surface area is 166 Å². The van der Waals surface area contributed by atoms with Gasteiger partial charge in [0.25, 0.3) is 17.5 Å². The van der Waals surface area contributed by atoms with Crippen LogP contribution >= 0.6 is 11.3 Å². The van der Waals surface area contributed by atoms with E-state index in [9.17, 15) is 19.7 Å². The highest BCUT2D eigenvalue weighted by Gasteiger charge is 2.23. The third-order valence-corrected chi connectivity index (χ3v) is 5.71. The highest BCUT2D eigenvalue weighted by molar-refractivity contribution is 7.12. The molecular formula is C19H22N4O4S. The Hall–Kier alpha value is -2.78. The lowest BCUT2D eigenvalue weighted by Crippen LogP contribution is -2.50. The summed E-state index contributed by atoms with van der Waals surface area (Å²) in [6.07, 6.45) is 0. The molecular weight excluding hydrogens is 380 g/mol. The van der Waals surface area contributed by atoms with Crippen LogP contribution in [0.25, 0.3) is 0 Å². The Balaban J connectivity index is 1.45. The smallest absolute Gasteiger partial charge is 0.273 e. The summed E-state index contributed by atoms with van der Waals surface area (Å²) >= 11 is 1.45. The number of carbonyl (C=O) groups excluding carboxylic acids is 2. The first-order valence-electron chi connectivity index (χ1n) is 9.04. The van der Waals surface area contributed by atoms with Crippen molar-refractivity contribution < 1.29 is 14.5 Å². The van der Waals surface area contributed by atoms with Gasteiger partial charge in [0.05, 0.1) is 9.80 Å². The van der Waals surface area contributed by atoms with Gasteiger partial charge >= 0.3 is 0 Å². The molecule has 1 saturated heterocycles. The fourth-order valence-electron chi connectivity index (χ4n) is 3.22. The van der Waals surface area contributed by atoms with E-state index in [0.29, 0.717) is 37.3 Å². The van der Waals surface area contributed by atoms with E-state index < -0.39 is 4.92 Å². The van der Waals surface area contributed by atoms with Crippen LogP contribution in [0.4, 0.5) is 5.69 Å². The van der Waals surface area contributed by atoms with Gasteiger partial charge in [0.15, 0.2) is 0 Å². The molecule has 0 saturated carbocycles. The second-order valence-corrected chi connectivity index (χ2v) is 7.52. The van der Waals surface area contributed by atoms with E-state index in [1.807, 2.05) is 22.4 Å². The Morgan fingerprint density at radius 2 is 1.93 bits per heavy atom. The summed E-state index contributed by atoms with van der Waals surface area (Å²) in [6, 6.07) is 8.21. The van der Waals surface area contributed by atoms with Gasteiger partial charge in [-0.05, 0) is 24.4 Å². The molecule has 8 nitrogen and oxygen atoms in total. The molecule has 0 bridgehead atoms. The van der Waals surface area contributed by atoms with E-state index in [1.165, 1.54) is 23.5 Å². The predicted octanol–water partition coefficient (Wildman–Crippen LogP) is 2.15. The van der Waals surface area contributed by atoms with Crippen LogP contribution in [-0.2, 0) is 0 Å². The number of thiophene rings is 1. The van der Waals surface area contributed by atoms with Crippen molar-refractivity contribution in [3.05, 3.63) is 61.8 Å². The third-order valence-electron chi connectivity index (χ3n) is 4.85. The van der Waals surface area contributed by atoms with Crippen molar-refractivity contribution in [2.24, 2.45) is 0 Å². The maximum Gasteiger partial charge on any atom is 0.273 e. The van der Waals surface area contributed by atoms with Gasteiger partial charge in [-0.1, -0.05) is 12.1 Å². The predicted molar refractivity (Wildman–Crippen MR) is 107 cm³/mol. The molecule has 1 aliphatic rings. The summed E-state index contributed by atoms with van der Waals surface area (Å²) in [5.41, 5.74) is 0.630. The lowest BCUT2D eigenvalue weighted by Gasteiger charge is -2.34. The largest absolute Gasteiger partial charge is 0.351 e. The quantitative estimate of drug-likeness (QED) is 0.590. The summed E-state index contributed by atoms with van der Waals surface area (Å²) in [6.45, 7) is 5.52. The molecule has 2 heterocycles. The third kappa shape index (κ3) is 4.55. The Kier molecular flexibility index (Phi) is 6.37. The second-order valence-electron chi connectivity index (χ2n) is 6.57. The molecule has 0 spiro atoms. The second kappa shape index (κ2) is 8.94. The van der Waals surface area contributed by atoms with E-state index in [2.05, 4.69) is 10.2 Å². The van der Waals surface area contributed by atoms with Gasteiger partial charge in [0.2, 0.25) is 0 Å². The van der Waals surface area contributed by atoms with Crippen LogP contribution in [0.2, 0.25) is 0 Å². The average molecular weight is 402 g/mol. The number of rotatable bonds is 6.